The minimum atomic E-state index is -3.62. The van der Waals surface area contributed by atoms with E-state index in [0.29, 0.717) is 31.0 Å². The highest BCUT2D eigenvalue weighted by molar-refractivity contribution is 7.89. The second-order valence-electron chi connectivity index (χ2n) is 6.93. The van der Waals surface area contributed by atoms with Crippen molar-refractivity contribution in [2.45, 2.75) is 68.8 Å². The lowest BCUT2D eigenvalue weighted by Gasteiger charge is -2.35. The molecule has 1 aliphatic heterocycles. The lowest BCUT2D eigenvalue weighted by molar-refractivity contribution is 0.143. The topological polar surface area (TPSA) is 71.5 Å². The maximum atomic E-state index is 12.7. The molecule has 1 unspecified atom stereocenters. The number of hydrogen-bond acceptors (Lipinski definition) is 5. The van der Waals surface area contributed by atoms with Crippen molar-refractivity contribution in [1.82, 2.24) is 14.6 Å². The molecule has 7 heteroatoms. The zero-order chi connectivity index (χ0) is 17.7. The van der Waals surface area contributed by atoms with Gasteiger partial charge in [0.15, 0.2) is 0 Å². The zero-order valence-electron chi connectivity index (χ0n) is 15.0. The third-order valence-corrected chi connectivity index (χ3v) is 6.74. The summed E-state index contributed by atoms with van der Waals surface area (Å²) in [6, 6.07) is 2.52. The van der Waals surface area contributed by atoms with Gasteiger partial charge in [-0.05, 0) is 45.2 Å². The summed E-state index contributed by atoms with van der Waals surface area (Å²) in [5.74, 6) is 0.362. The van der Waals surface area contributed by atoms with Gasteiger partial charge in [-0.25, -0.2) is 13.1 Å². The molecule has 2 fully saturated rings. The molecule has 0 aromatic carbocycles. The van der Waals surface area contributed by atoms with Crippen molar-refractivity contribution in [2.75, 3.05) is 19.7 Å². The molecule has 0 bridgehead atoms. The molecule has 25 heavy (non-hydrogen) atoms. The van der Waals surface area contributed by atoms with E-state index in [1.807, 2.05) is 6.92 Å². The fourth-order valence-corrected chi connectivity index (χ4v) is 5.26. The third kappa shape index (κ3) is 4.51. The van der Waals surface area contributed by atoms with Gasteiger partial charge in [0.2, 0.25) is 10.0 Å². The van der Waals surface area contributed by atoms with Crippen LogP contribution in [0.3, 0.4) is 0 Å². The normalized spacial score (nSPS) is 23.0. The molecule has 140 valence electrons. The Morgan fingerprint density at radius 1 is 1.24 bits per heavy atom. The summed E-state index contributed by atoms with van der Waals surface area (Å²) in [6.07, 6.45) is 11.6. The van der Waals surface area contributed by atoms with E-state index in [9.17, 15) is 8.42 Å². The fourth-order valence-electron chi connectivity index (χ4n) is 4.10. The number of likely N-dealkylation sites (tertiary alicyclic amines) is 1. The molecule has 0 radical (unpaired) electrons. The van der Waals surface area contributed by atoms with Gasteiger partial charge in [-0.15, -0.1) is 0 Å². The first-order valence-corrected chi connectivity index (χ1v) is 10.9. The maximum absolute atomic E-state index is 12.7. The Hall–Kier alpha value is -1.18. The van der Waals surface area contributed by atoms with Crippen LogP contribution in [0.2, 0.25) is 0 Å². The van der Waals surface area contributed by atoms with Crippen molar-refractivity contribution >= 4 is 10.0 Å². The summed E-state index contributed by atoms with van der Waals surface area (Å²) < 4.78 is 33.7. The minimum absolute atomic E-state index is 0.124. The summed E-state index contributed by atoms with van der Waals surface area (Å²) >= 11 is 0. The Kier molecular flexibility index (Phi) is 6.30. The van der Waals surface area contributed by atoms with E-state index in [1.165, 1.54) is 38.3 Å². The molecule has 1 saturated carbocycles. The third-order valence-electron chi connectivity index (χ3n) is 5.31. The number of sulfonamides is 1. The monoisotopic (exact) mass is 367 g/mol. The van der Waals surface area contributed by atoms with Crippen LogP contribution in [-0.2, 0) is 10.0 Å². The molecule has 1 N–H and O–H groups in total. The molecular weight excluding hydrogens is 338 g/mol. The predicted octanol–water partition coefficient (Wildman–Crippen LogP) is 2.56. The minimum Gasteiger partial charge on any atom is -0.492 e. The highest BCUT2D eigenvalue weighted by Gasteiger charge is 2.32. The van der Waals surface area contributed by atoms with Crippen LogP contribution in [-0.4, -0.2) is 50.1 Å². The summed E-state index contributed by atoms with van der Waals surface area (Å²) in [7, 11) is -3.62. The Labute approximate surface area is 151 Å². The van der Waals surface area contributed by atoms with E-state index < -0.39 is 10.0 Å². The van der Waals surface area contributed by atoms with E-state index in [1.54, 1.807) is 12.3 Å². The van der Waals surface area contributed by atoms with Crippen molar-refractivity contribution in [3.63, 3.8) is 0 Å². The number of nitrogens with zero attached hydrogens (tertiary/aromatic N) is 2. The average Bonchev–Trinajstić information content (AvgIpc) is 3.10. The van der Waals surface area contributed by atoms with Gasteiger partial charge in [-0.2, -0.15) is 0 Å². The van der Waals surface area contributed by atoms with Gasteiger partial charge in [-0.3, -0.25) is 9.88 Å². The standard InChI is InChI=1S/C18H29N3O3S/c1-2-24-17-10-11-19-14-18(17)25(22,23)20-13-16-9-6-12-21(16)15-7-4-3-5-8-15/h10-11,14-16,20H,2-9,12-13H2,1H3. The summed E-state index contributed by atoms with van der Waals surface area (Å²) in [5, 5.41) is 0. The average molecular weight is 368 g/mol. The highest BCUT2D eigenvalue weighted by atomic mass is 32.2. The molecule has 1 aliphatic carbocycles. The second kappa shape index (κ2) is 8.47. The van der Waals surface area contributed by atoms with E-state index in [0.717, 1.165) is 19.4 Å². The molecule has 1 atom stereocenters. The number of rotatable bonds is 7. The molecule has 0 amide bonds. The van der Waals surface area contributed by atoms with Crippen LogP contribution in [0.15, 0.2) is 23.4 Å². The van der Waals surface area contributed by atoms with Crippen LogP contribution in [0.25, 0.3) is 0 Å². The fraction of sp³-hybridized carbons (Fsp3) is 0.722. The molecule has 2 aliphatic rings. The summed E-state index contributed by atoms with van der Waals surface area (Å²) in [6.45, 7) is 3.81. The van der Waals surface area contributed by atoms with E-state index in [4.69, 9.17) is 4.74 Å². The quantitative estimate of drug-likeness (QED) is 0.802. The Morgan fingerprint density at radius 2 is 2.04 bits per heavy atom. The van der Waals surface area contributed by atoms with Crippen molar-refractivity contribution in [3.05, 3.63) is 18.5 Å². The zero-order valence-corrected chi connectivity index (χ0v) is 15.8. The van der Waals surface area contributed by atoms with Crippen LogP contribution in [0, 0.1) is 0 Å². The van der Waals surface area contributed by atoms with Crippen LogP contribution >= 0.6 is 0 Å². The van der Waals surface area contributed by atoms with Gasteiger partial charge in [0, 0.05) is 24.8 Å². The largest absolute Gasteiger partial charge is 0.492 e. The predicted molar refractivity (Wildman–Crippen MR) is 97.2 cm³/mol. The molecule has 2 heterocycles. The molecule has 1 saturated heterocycles. The van der Waals surface area contributed by atoms with Crippen molar-refractivity contribution in [2.24, 2.45) is 0 Å². The van der Waals surface area contributed by atoms with Crippen molar-refractivity contribution in [1.29, 1.82) is 0 Å². The Morgan fingerprint density at radius 3 is 2.80 bits per heavy atom. The maximum Gasteiger partial charge on any atom is 0.245 e. The number of pyridine rings is 1. The first-order chi connectivity index (χ1) is 12.1. The molecule has 6 nitrogen and oxygen atoms in total. The van der Waals surface area contributed by atoms with Crippen molar-refractivity contribution < 1.29 is 13.2 Å². The summed E-state index contributed by atoms with van der Waals surface area (Å²) in [5.41, 5.74) is 0. The first kappa shape index (κ1) is 18.6. The smallest absolute Gasteiger partial charge is 0.245 e. The van der Waals surface area contributed by atoms with E-state index >= 15 is 0 Å². The van der Waals surface area contributed by atoms with Gasteiger partial charge in [0.1, 0.15) is 10.6 Å². The number of hydrogen-bond donors (Lipinski definition) is 1. The van der Waals surface area contributed by atoms with Crippen LogP contribution in [0.5, 0.6) is 5.75 Å². The molecule has 1 aromatic heterocycles. The van der Waals surface area contributed by atoms with E-state index in [-0.39, 0.29) is 4.90 Å². The second-order valence-corrected chi connectivity index (χ2v) is 8.67. The van der Waals surface area contributed by atoms with Crippen LogP contribution in [0.4, 0.5) is 0 Å². The number of ether oxygens (including phenoxy) is 1. The molecule has 0 spiro atoms. The van der Waals surface area contributed by atoms with Gasteiger partial charge >= 0.3 is 0 Å². The SMILES string of the molecule is CCOc1ccncc1S(=O)(=O)NCC1CCCN1C1CCCCC1. The Balaban J connectivity index is 1.65. The highest BCUT2D eigenvalue weighted by Crippen LogP contribution is 2.29. The molecule has 3 rings (SSSR count). The van der Waals surface area contributed by atoms with Crippen molar-refractivity contribution in [3.8, 4) is 5.75 Å². The molecular formula is C18H29N3O3S. The summed E-state index contributed by atoms with van der Waals surface area (Å²) in [4.78, 5) is 6.61. The van der Waals surface area contributed by atoms with Gasteiger partial charge in [0.25, 0.3) is 0 Å². The van der Waals surface area contributed by atoms with Gasteiger partial charge in [0.05, 0.1) is 12.8 Å². The first-order valence-electron chi connectivity index (χ1n) is 9.44. The lowest BCUT2D eigenvalue weighted by Crippen LogP contribution is -2.45. The lowest BCUT2D eigenvalue weighted by atomic mass is 9.94. The van der Waals surface area contributed by atoms with Gasteiger partial charge < -0.3 is 4.74 Å². The van der Waals surface area contributed by atoms with Gasteiger partial charge in [-0.1, -0.05) is 19.3 Å². The number of aromatic nitrogens is 1. The van der Waals surface area contributed by atoms with Crippen LogP contribution in [0.1, 0.15) is 51.9 Å². The number of nitrogens with one attached hydrogen (secondary N) is 1. The molecule has 1 aromatic rings. The van der Waals surface area contributed by atoms with E-state index in [2.05, 4.69) is 14.6 Å². The van der Waals surface area contributed by atoms with Crippen LogP contribution < -0.4 is 9.46 Å². The Bertz CT molecular complexity index is 659.